The Kier molecular flexibility index (Phi) is 5.12. The number of nitrogens with one attached hydrogen (secondary N) is 2. The van der Waals surface area contributed by atoms with Crippen LogP contribution in [0.5, 0.6) is 5.75 Å². The molecule has 2 aliphatic heterocycles. The summed E-state index contributed by atoms with van der Waals surface area (Å²) in [6.07, 6.45) is 2.17. The number of furan rings is 1. The fraction of sp³-hybridized carbons (Fsp3) is 0.350. The van der Waals surface area contributed by atoms with Gasteiger partial charge in [0.15, 0.2) is 13.1 Å². The van der Waals surface area contributed by atoms with Gasteiger partial charge in [0.25, 0.3) is 11.8 Å². The van der Waals surface area contributed by atoms with Crippen molar-refractivity contribution in [1.29, 1.82) is 0 Å². The molecule has 4 rings (SSSR count). The van der Waals surface area contributed by atoms with Crippen LogP contribution < -0.4 is 15.0 Å². The third-order valence-electron chi connectivity index (χ3n) is 5.07. The molecule has 8 heteroatoms. The molecule has 1 unspecified atom stereocenters. The molecule has 146 valence electrons. The average Bonchev–Trinajstić information content (AvgIpc) is 3.38. The number of hydrogen-bond acceptors (Lipinski definition) is 5. The van der Waals surface area contributed by atoms with E-state index in [1.165, 1.54) is 5.01 Å². The van der Waals surface area contributed by atoms with Crippen molar-refractivity contribution in [2.75, 3.05) is 33.3 Å². The van der Waals surface area contributed by atoms with E-state index in [1.807, 2.05) is 36.4 Å². The van der Waals surface area contributed by atoms with Crippen molar-refractivity contribution in [3.05, 3.63) is 54.0 Å². The number of methoxy groups -OCH3 is 1. The number of carbonyl (C=O) groups excluding carboxylic acids is 2. The van der Waals surface area contributed by atoms with Gasteiger partial charge in [-0.25, -0.2) is 5.01 Å². The smallest absolute Gasteiger partial charge is 0.298 e. The first kappa shape index (κ1) is 18.2. The molecule has 1 fully saturated rings. The number of amides is 2. The van der Waals surface area contributed by atoms with Gasteiger partial charge >= 0.3 is 0 Å². The normalized spacial score (nSPS) is 22.0. The molecule has 2 atom stereocenters. The van der Waals surface area contributed by atoms with Crippen LogP contribution in [0.1, 0.15) is 23.8 Å². The lowest BCUT2D eigenvalue weighted by atomic mass is 10.0. The van der Waals surface area contributed by atoms with Crippen molar-refractivity contribution in [2.24, 2.45) is 5.10 Å². The maximum atomic E-state index is 13.0. The predicted molar refractivity (Wildman–Crippen MR) is 101 cm³/mol. The third kappa shape index (κ3) is 3.77. The van der Waals surface area contributed by atoms with Crippen molar-refractivity contribution in [3.8, 4) is 5.75 Å². The van der Waals surface area contributed by atoms with E-state index in [2.05, 4.69) is 10.4 Å². The van der Waals surface area contributed by atoms with E-state index in [-0.39, 0.29) is 24.4 Å². The molecule has 0 aliphatic carbocycles. The fourth-order valence-corrected chi connectivity index (χ4v) is 3.60. The molecule has 0 bridgehead atoms. The Morgan fingerprint density at radius 1 is 1.36 bits per heavy atom. The largest absolute Gasteiger partial charge is 0.497 e. The molecule has 0 saturated carbocycles. The zero-order chi connectivity index (χ0) is 19.5. The Balaban J connectivity index is 1.56. The maximum Gasteiger partial charge on any atom is 0.298 e. The fourth-order valence-electron chi connectivity index (χ4n) is 3.60. The Bertz CT molecular complexity index is 876. The molecule has 2 amide bonds. The number of quaternary nitrogens is 1. The van der Waals surface area contributed by atoms with Crippen molar-refractivity contribution >= 4 is 17.5 Å². The summed E-state index contributed by atoms with van der Waals surface area (Å²) in [4.78, 5) is 25.6. The first-order valence-corrected chi connectivity index (χ1v) is 9.31. The minimum Gasteiger partial charge on any atom is -0.497 e. The predicted octanol–water partition coefficient (Wildman–Crippen LogP) is -0.0194. The van der Waals surface area contributed by atoms with Gasteiger partial charge in [-0.05, 0) is 42.0 Å². The Labute approximate surface area is 162 Å². The topological polar surface area (TPSA) is 88.6 Å². The summed E-state index contributed by atoms with van der Waals surface area (Å²) in [6.45, 7) is 1.85. The van der Waals surface area contributed by atoms with Gasteiger partial charge in [0.2, 0.25) is 0 Å². The first-order valence-electron chi connectivity index (χ1n) is 9.31. The number of benzene rings is 1. The van der Waals surface area contributed by atoms with Crippen LogP contribution >= 0.6 is 0 Å². The molecule has 3 heterocycles. The monoisotopic (exact) mass is 383 g/mol. The van der Waals surface area contributed by atoms with Crippen molar-refractivity contribution in [2.45, 2.75) is 12.5 Å². The highest BCUT2D eigenvalue weighted by molar-refractivity contribution is 6.03. The minimum atomic E-state index is -0.280. The van der Waals surface area contributed by atoms with E-state index in [0.717, 1.165) is 28.5 Å². The van der Waals surface area contributed by atoms with E-state index in [1.54, 1.807) is 13.4 Å². The number of hydrazone groups is 1. The molecule has 2 aromatic rings. The molecule has 0 spiro atoms. The van der Waals surface area contributed by atoms with Gasteiger partial charge < -0.3 is 19.4 Å². The van der Waals surface area contributed by atoms with Gasteiger partial charge in [-0.15, -0.1) is 0 Å². The molecular formula is C20H23N4O4+. The maximum absolute atomic E-state index is 13.0. The number of hydrogen-bond donors (Lipinski definition) is 2. The molecule has 2 N–H and O–H groups in total. The average molecular weight is 383 g/mol. The van der Waals surface area contributed by atoms with Gasteiger partial charge in [-0.1, -0.05) is 0 Å². The molecule has 8 nitrogen and oxygen atoms in total. The van der Waals surface area contributed by atoms with Crippen LogP contribution in [0.15, 0.2) is 52.2 Å². The third-order valence-corrected chi connectivity index (χ3v) is 5.07. The van der Waals surface area contributed by atoms with Crippen LogP contribution in [-0.4, -0.2) is 55.8 Å². The van der Waals surface area contributed by atoms with E-state index >= 15 is 0 Å². The molecule has 2 aliphatic rings. The summed E-state index contributed by atoms with van der Waals surface area (Å²) in [5, 5.41) is 8.92. The quantitative estimate of drug-likeness (QED) is 0.760. The van der Waals surface area contributed by atoms with Crippen LogP contribution in [0.25, 0.3) is 0 Å². The van der Waals surface area contributed by atoms with Gasteiger partial charge in [0, 0.05) is 6.42 Å². The molecular weight excluding hydrogens is 360 g/mol. The lowest BCUT2D eigenvalue weighted by Crippen LogP contribution is -3.16. The SMILES string of the molecule is COc1ccc(C2=NN(C(=O)C[NH+]3CCNC(=O)C3)[C@H](c3ccco3)C2)cc1. The number of nitrogens with zero attached hydrogens (tertiary/aromatic N) is 2. The zero-order valence-electron chi connectivity index (χ0n) is 15.7. The summed E-state index contributed by atoms with van der Waals surface area (Å²) >= 11 is 0. The molecule has 1 aromatic heterocycles. The number of ether oxygens (including phenoxy) is 1. The highest BCUT2D eigenvalue weighted by Gasteiger charge is 2.36. The van der Waals surface area contributed by atoms with Crippen molar-refractivity contribution < 1.29 is 23.6 Å². The Morgan fingerprint density at radius 3 is 2.86 bits per heavy atom. The second-order valence-corrected chi connectivity index (χ2v) is 6.95. The highest BCUT2D eigenvalue weighted by Crippen LogP contribution is 2.33. The minimum absolute atomic E-state index is 0.0273. The summed E-state index contributed by atoms with van der Waals surface area (Å²) in [7, 11) is 1.62. The summed E-state index contributed by atoms with van der Waals surface area (Å²) in [6, 6.07) is 11.0. The second kappa shape index (κ2) is 7.85. The number of piperazine rings is 1. The van der Waals surface area contributed by atoms with Gasteiger partial charge in [0.05, 0.1) is 32.2 Å². The van der Waals surface area contributed by atoms with E-state index in [0.29, 0.717) is 25.3 Å². The van der Waals surface area contributed by atoms with Crippen molar-refractivity contribution in [1.82, 2.24) is 10.3 Å². The standard InChI is InChI=1S/C20H22N4O4/c1-27-15-6-4-14(5-7-15)16-11-17(18-3-2-10-28-18)24(22-16)20(26)13-23-9-8-21-19(25)12-23/h2-7,10,17H,8-9,11-13H2,1H3,(H,21,25)/p+1/t17-/m0/s1. The molecule has 1 aromatic carbocycles. The van der Waals surface area contributed by atoms with E-state index < -0.39 is 0 Å². The zero-order valence-corrected chi connectivity index (χ0v) is 15.7. The summed E-state index contributed by atoms with van der Waals surface area (Å²) in [5.74, 6) is 1.33. The summed E-state index contributed by atoms with van der Waals surface area (Å²) < 4.78 is 10.8. The first-order chi connectivity index (χ1) is 13.6. The van der Waals surface area contributed by atoms with E-state index in [4.69, 9.17) is 9.15 Å². The van der Waals surface area contributed by atoms with Gasteiger partial charge in [0.1, 0.15) is 17.6 Å². The highest BCUT2D eigenvalue weighted by atomic mass is 16.5. The van der Waals surface area contributed by atoms with Crippen LogP contribution in [0.2, 0.25) is 0 Å². The van der Waals surface area contributed by atoms with Crippen LogP contribution in [0, 0.1) is 0 Å². The number of carbonyl (C=O) groups is 2. The van der Waals surface area contributed by atoms with Crippen LogP contribution in [0.3, 0.4) is 0 Å². The van der Waals surface area contributed by atoms with Crippen LogP contribution in [0.4, 0.5) is 0 Å². The summed E-state index contributed by atoms with van der Waals surface area (Å²) in [5.41, 5.74) is 1.76. The second-order valence-electron chi connectivity index (χ2n) is 6.95. The molecule has 0 radical (unpaired) electrons. The number of rotatable bonds is 5. The Morgan fingerprint density at radius 2 is 2.18 bits per heavy atom. The van der Waals surface area contributed by atoms with Crippen LogP contribution in [-0.2, 0) is 9.59 Å². The Hall–Kier alpha value is -3.13. The van der Waals surface area contributed by atoms with Crippen molar-refractivity contribution in [3.63, 3.8) is 0 Å². The molecule has 1 saturated heterocycles. The lowest BCUT2D eigenvalue weighted by Gasteiger charge is -2.26. The van der Waals surface area contributed by atoms with E-state index in [9.17, 15) is 9.59 Å². The lowest BCUT2D eigenvalue weighted by molar-refractivity contribution is -0.885. The van der Waals surface area contributed by atoms with Gasteiger partial charge in [-0.3, -0.25) is 9.59 Å². The molecule has 28 heavy (non-hydrogen) atoms. The van der Waals surface area contributed by atoms with Gasteiger partial charge in [-0.2, -0.15) is 5.10 Å².